The fourth-order valence-corrected chi connectivity index (χ4v) is 6.94. The summed E-state index contributed by atoms with van der Waals surface area (Å²) in [6, 6.07) is 62.6. The number of hydrogen-bond donors (Lipinski definition) is 0. The van der Waals surface area contributed by atoms with E-state index in [0.29, 0.717) is 0 Å². The highest BCUT2D eigenvalue weighted by molar-refractivity contribution is 6.12. The SMILES string of the molecule is c1ccc(-c2cc(-c3ccccc3)cc(-n3c4c(c5cccc(-c6ccccc6)c53)-c3ccccc3Oc3ccccc3-4)c2)cc1. The van der Waals surface area contributed by atoms with Crippen molar-refractivity contribution < 1.29 is 4.74 Å². The number of aromatic nitrogens is 1. The highest BCUT2D eigenvalue weighted by atomic mass is 16.5. The molecule has 0 fully saturated rings. The van der Waals surface area contributed by atoms with E-state index in [0.717, 1.165) is 34.0 Å². The first-order valence-electron chi connectivity index (χ1n) is 15.7. The summed E-state index contributed by atoms with van der Waals surface area (Å²) in [5.74, 6) is 1.71. The second-order valence-electron chi connectivity index (χ2n) is 11.7. The number of nitrogens with zero attached hydrogens (tertiary/aromatic N) is 1. The molecule has 2 heterocycles. The van der Waals surface area contributed by atoms with Gasteiger partial charge in [-0.05, 0) is 64.2 Å². The van der Waals surface area contributed by atoms with Crippen molar-refractivity contribution in [2.75, 3.05) is 0 Å². The van der Waals surface area contributed by atoms with Crippen LogP contribution in [0.1, 0.15) is 0 Å². The van der Waals surface area contributed by atoms with E-state index in [-0.39, 0.29) is 0 Å². The minimum Gasteiger partial charge on any atom is -0.456 e. The van der Waals surface area contributed by atoms with Crippen molar-refractivity contribution in [1.82, 2.24) is 4.57 Å². The molecule has 2 nitrogen and oxygen atoms in total. The second-order valence-corrected chi connectivity index (χ2v) is 11.7. The third-order valence-electron chi connectivity index (χ3n) is 8.98. The molecular weight excluding hydrogens is 558 g/mol. The Kier molecular flexibility index (Phi) is 6.17. The predicted octanol–water partition coefficient (Wildman–Crippen LogP) is 12.1. The molecule has 2 heteroatoms. The average molecular weight is 588 g/mol. The molecule has 46 heavy (non-hydrogen) atoms. The lowest BCUT2D eigenvalue weighted by atomic mass is 9.96. The topological polar surface area (TPSA) is 14.2 Å². The smallest absolute Gasteiger partial charge is 0.136 e. The summed E-state index contributed by atoms with van der Waals surface area (Å²) in [5.41, 5.74) is 13.8. The van der Waals surface area contributed by atoms with Crippen LogP contribution < -0.4 is 4.74 Å². The Balaban J connectivity index is 1.48. The third-order valence-corrected chi connectivity index (χ3v) is 8.98. The molecule has 216 valence electrons. The molecule has 0 amide bonds. The lowest BCUT2D eigenvalue weighted by Crippen LogP contribution is -2.00. The van der Waals surface area contributed by atoms with E-state index < -0.39 is 0 Å². The molecule has 0 radical (unpaired) electrons. The Morgan fingerprint density at radius 3 is 1.50 bits per heavy atom. The van der Waals surface area contributed by atoms with Gasteiger partial charge in [0.15, 0.2) is 0 Å². The number of benzene rings is 7. The Hall–Kier alpha value is -6.12. The molecule has 0 unspecified atom stereocenters. The van der Waals surface area contributed by atoms with Crippen LogP contribution in [0.25, 0.3) is 72.4 Å². The fraction of sp³-hybridized carbons (Fsp3) is 0. The largest absolute Gasteiger partial charge is 0.456 e. The first-order chi connectivity index (χ1) is 22.8. The molecule has 8 aromatic rings. The van der Waals surface area contributed by atoms with Gasteiger partial charge < -0.3 is 9.30 Å². The summed E-state index contributed by atoms with van der Waals surface area (Å²) in [4.78, 5) is 0. The van der Waals surface area contributed by atoms with E-state index in [2.05, 4.69) is 180 Å². The van der Waals surface area contributed by atoms with Gasteiger partial charge in [-0.2, -0.15) is 0 Å². The summed E-state index contributed by atoms with van der Waals surface area (Å²) in [6.07, 6.45) is 0. The van der Waals surface area contributed by atoms with Crippen molar-refractivity contribution in [3.05, 3.63) is 176 Å². The van der Waals surface area contributed by atoms with Crippen LogP contribution in [0.4, 0.5) is 0 Å². The fourth-order valence-electron chi connectivity index (χ4n) is 6.94. The minimum absolute atomic E-state index is 0.849. The van der Waals surface area contributed by atoms with Crippen molar-refractivity contribution in [2.45, 2.75) is 0 Å². The van der Waals surface area contributed by atoms with Crippen LogP contribution in [0.3, 0.4) is 0 Å². The van der Waals surface area contributed by atoms with Gasteiger partial charge in [0, 0.05) is 33.3 Å². The van der Waals surface area contributed by atoms with Crippen LogP contribution in [0.5, 0.6) is 11.5 Å². The lowest BCUT2D eigenvalue weighted by Gasteiger charge is -2.18. The molecular formula is C44H29NO. The molecule has 9 rings (SSSR count). The lowest BCUT2D eigenvalue weighted by molar-refractivity contribution is 0.487. The zero-order valence-corrected chi connectivity index (χ0v) is 25.1. The summed E-state index contributed by atoms with van der Waals surface area (Å²) >= 11 is 0. The molecule has 0 atom stereocenters. The number of fused-ring (bicyclic) bond motifs is 7. The summed E-state index contributed by atoms with van der Waals surface area (Å²) in [7, 11) is 0. The Labute approximate surface area is 268 Å². The monoisotopic (exact) mass is 587 g/mol. The van der Waals surface area contributed by atoms with Crippen LogP contribution in [-0.2, 0) is 0 Å². The van der Waals surface area contributed by atoms with E-state index in [1.54, 1.807) is 0 Å². The van der Waals surface area contributed by atoms with Crippen LogP contribution in [0.2, 0.25) is 0 Å². The second kappa shape index (κ2) is 10.8. The molecule has 0 saturated heterocycles. The average Bonchev–Trinajstić information content (AvgIpc) is 3.40. The molecule has 0 spiro atoms. The molecule has 0 N–H and O–H groups in total. The molecule has 0 bridgehead atoms. The Bertz CT molecular complexity index is 2310. The van der Waals surface area contributed by atoms with Gasteiger partial charge in [0.05, 0.1) is 11.2 Å². The highest BCUT2D eigenvalue weighted by Gasteiger charge is 2.29. The first kappa shape index (κ1) is 26.3. The van der Waals surface area contributed by atoms with Gasteiger partial charge in [0.25, 0.3) is 0 Å². The standard InChI is InChI=1S/C44H29NO/c1-4-15-30(16-5-1)33-27-34(31-17-6-2-7-18-31)29-35(28-33)45-43-36(32-19-8-3-9-20-32)23-14-24-39(43)42-37-21-10-12-25-40(37)46-41-26-13-11-22-38(41)44(42)45/h1-29H. The molecule has 1 aliphatic heterocycles. The van der Waals surface area contributed by atoms with E-state index >= 15 is 0 Å². The van der Waals surface area contributed by atoms with Gasteiger partial charge in [0.1, 0.15) is 11.5 Å². The van der Waals surface area contributed by atoms with Crippen molar-refractivity contribution in [1.29, 1.82) is 0 Å². The molecule has 1 aromatic heterocycles. The van der Waals surface area contributed by atoms with E-state index in [9.17, 15) is 0 Å². The van der Waals surface area contributed by atoms with Gasteiger partial charge in [0.2, 0.25) is 0 Å². The number of para-hydroxylation sites is 3. The summed E-state index contributed by atoms with van der Waals surface area (Å²) in [6.45, 7) is 0. The summed E-state index contributed by atoms with van der Waals surface area (Å²) in [5, 5.41) is 1.19. The van der Waals surface area contributed by atoms with Crippen molar-refractivity contribution in [3.8, 4) is 73.0 Å². The Morgan fingerprint density at radius 2 is 0.870 bits per heavy atom. The van der Waals surface area contributed by atoms with Crippen molar-refractivity contribution >= 4 is 10.9 Å². The van der Waals surface area contributed by atoms with Gasteiger partial charge >= 0.3 is 0 Å². The van der Waals surface area contributed by atoms with Gasteiger partial charge in [-0.25, -0.2) is 0 Å². The molecule has 0 aliphatic carbocycles. The normalized spacial score (nSPS) is 11.7. The predicted molar refractivity (Wildman–Crippen MR) is 191 cm³/mol. The van der Waals surface area contributed by atoms with E-state index in [4.69, 9.17) is 4.74 Å². The van der Waals surface area contributed by atoms with Crippen LogP contribution in [0, 0.1) is 0 Å². The van der Waals surface area contributed by atoms with Crippen LogP contribution >= 0.6 is 0 Å². The van der Waals surface area contributed by atoms with Gasteiger partial charge in [-0.1, -0.05) is 140 Å². The van der Waals surface area contributed by atoms with Crippen molar-refractivity contribution in [2.24, 2.45) is 0 Å². The quantitative estimate of drug-likeness (QED) is 0.200. The minimum atomic E-state index is 0.849. The third kappa shape index (κ3) is 4.27. The molecule has 0 saturated carbocycles. The number of hydrogen-bond acceptors (Lipinski definition) is 1. The maximum atomic E-state index is 6.67. The summed E-state index contributed by atoms with van der Waals surface area (Å²) < 4.78 is 9.15. The number of rotatable bonds is 4. The molecule has 7 aromatic carbocycles. The Morgan fingerprint density at radius 1 is 0.370 bits per heavy atom. The zero-order chi connectivity index (χ0) is 30.5. The zero-order valence-electron chi connectivity index (χ0n) is 25.1. The van der Waals surface area contributed by atoms with Gasteiger partial charge in [-0.15, -0.1) is 0 Å². The van der Waals surface area contributed by atoms with Crippen LogP contribution in [0.15, 0.2) is 176 Å². The number of ether oxygens (including phenoxy) is 1. The highest BCUT2D eigenvalue weighted by Crippen LogP contribution is 2.53. The van der Waals surface area contributed by atoms with Crippen LogP contribution in [-0.4, -0.2) is 4.57 Å². The maximum Gasteiger partial charge on any atom is 0.136 e. The molecule has 1 aliphatic rings. The first-order valence-corrected chi connectivity index (χ1v) is 15.7. The van der Waals surface area contributed by atoms with E-state index in [1.807, 2.05) is 0 Å². The maximum absolute atomic E-state index is 6.67. The van der Waals surface area contributed by atoms with Gasteiger partial charge in [-0.3, -0.25) is 0 Å². The van der Waals surface area contributed by atoms with E-state index in [1.165, 1.54) is 49.8 Å². The van der Waals surface area contributed by atoms with Crippen molar-refractivity contribution in [3.63, 3.8) is 0 Å².